The molecule has 1 amide bonds. The van der Waals surface area contributed by atoms with Crippen LogP contribution in [0.25, 0.3) is 0 Å². The summed E-state index contributed by atoms with van der Waals surface area (Å²) >= 11 is -1.75. The maximum absolute atomic E-state index is 11.3. The number of nitrogens with one attached hydrogen (secondary N) is 1. The summed E-state index contributed by atoms with van der Waals surface area (Å²) in [6, 6.07) is 0. The van der Waals surface area contributed by atoms with Crippen molar-refractivity contribution < 1.29 is 47.5 Å². The number of nitrogens with zero attached hydrogens (tertiary/aromatic N) is 2. The number of carbonyl (C=O) groups excluding carboxylic acids is 1. The molecule has 0 heterocycles. The Morgan fingerprint density at radius 3 is 1.32 bits per heavy atom. The molecule has 0 fully saturated rings. The van der Waals surface area contributed by atoms with Crippen molar-refractivity contribution in [3.8, 4) is 0 Å². The summed E-state index contributed by atoms with van der Waals surface area (Å²) in [7, 11) is 16.3. The molecule has 0 saturated heterocycles. The molecular weight excluding hydrogens is 494 g/mol. The van der Waals surface area contributed by atoms with Crippen LogP contribution in [0.2, 0.25) is 0 Å². The van der Waals surface area contributed by atoms with E-state index in [2.05, 4.69) is 5.32 Å². The van der Waals surface area contributed by atoms with Crippen LogP contribution in [0.1, 0.15) is 0 Å². The van der Waals surface area contributed by atoms with Crippen LogP contribution in [0.15, 0.2) is 0 Å². The molecule has 0 aliphatic carbocycles. The van der Waals surface area contributed by atoms with E-state index in [1.807, 2.05) is 0 Å². The number of carbonyl (C=O) groups is 4. The number of hydrogen-bond donors (Lipinski definition) is 4. The average Bonchev–Trinajstić information content (AvgIpc) is 2.41. The molecule has 0 radical (unpaired) electrons. The summed E-state index contributed by atoms with van der Waals surface area (Å²) in [5.74, 6) is -3.90. The molecule has 0 aliphatic heterocycles. The van der Waals surface area contributed by atoms with Crippen molar-refractivity contribution in [1.82, 2.24) is 15.1 Å². The zero-order valence-corrected chi connectivity index (χ0v) is 17.1. The van der Waals surface area contributed by atoms with Crippen molar-refractivity contribution in [3.05, 3.63) is 0 Å². The van der Waals surface area contributed by atoms with Crippen molar-refractivity contribution in [3.63, 3.8) is 0 Å². The third-order valence-electron chi connectivity index (χ3n) is 2.46. The van der Waals surface area contributed by atoms with Gasteiger partial charge in [-0.25, -0.2) is 0 Å². The first kappa shape index (κ1) is 26.5. The van der Waals surface area contributed by atoms with Gasteiger partial charge in [0, 0.05) is 20.1 Å². The van der Waals surface area contributed by atoms with E-state index in [4.69, 9.17) is 44.4 Å². The Balaban J connectivity index is 0. The number of aliphatic carboxylic acids is 3. The molecule has 0 aromatic heterocycles. The van der Waals surface area contributed by atoms with E-state index in [1.54, 1.807) is 0 Å². The van der Waals surface area contributed by atoms with Gasteiger partial charge in [0.25, 0.3) is 0 Å². The minimum atomic E-state index is -1.75. The molecule has 0 saturated carbocycles. The van der Waals surface area contributed by atoms with Crippen LogP contribution in [-0.2, 0) is 32.2 Å². The fourth-order valence-electron chi connectivity index (χ4n) is 1.57. The first-order chi connectivity index (χ1) is 11.5. The Hall–Kier alpha value is -0.707. The molecule has 0 bridgehead atoms. The quantitative estimate of drug-likeness (QED) is 0.273. The van der Waals surface area contributed by atoms with Gasteiger partial charge in [-0.3, -0.25) is 29.0 Å². The fraction of sp³-hybridized carbons (Fsp3) is 0.636. The van der Waals surface area contributed by atoms with Gasteiger partial charge >= 0.3 is 60.0 Å². The van der Waals surface area contributed by atoms with E-state index in [0.717, 1.165) is 4.90 Å². The second kappa shape index (κ2) is 15.5. The Kier molecular flexibility index (Phi) is 16.5. The molecule has 149 valence electrons. The zero-order valence-electron chi connectivity index (χ0n) is 13.1. The Morgan fingerprint density at radius 2 is 1.08 bits per heavy atom. The molecule has 0 aromatic rings. The molecule has 14 heteroatoms. The van der Waals surface area contributed by atoms with Crippen molar-refractivity contribution in [1.29, 1.82) is 0 Å². The van der Waals surface area contributed by atoms with Crippen molar-refractivity contribution >= 4 is 52.9 Å². The summed E-state index contributed by atoms with van der Waals surface area (Å²) in [6.45, 7) is -1.46. The van der Waals surface area contributed by atoms with Crippen LogP contribution in [0.5, 0.6) is 0 Å². The number of likely N-dealkylation sites (N-methyl/N-ethyl adjacent to an activating group) is 1. The normalized spacial score (nSPS) is 10.7. The number of halogens is 3. The molecule has 4 N–H and O–H groups in total. The Labute approximate surface area is 161 Å². The van der Waals surface area contributed by atoms with Gasteiger partial charge in [0.1, 0.15) is 0 Å². The first-order valence-corrected chi connectivity index (χ1v) is 13.2. The van der Waals surface area contributed by atoms with E-state index in [-0.39, 0.29) is 25.5 Å². The van der Waals surface area contributed by atoms with Crippen LogP contribution in [-0.4, -0.2) is 95.3 Å². The minimum absolute atomic E-state index is 0.0167. The van der Waals surface area contributed by atoms with Crippen LogP contribution < -0.4 is 5.32 Å². The molecule has 0 spiro atoms. The zero-order chi connectivity index (χ0) is 20.0. The predicted molar refractivity (Wildman–Crippen MR) is 87.4 cm³/mol. The predicted octanol–water partition coefficient (Wildman–Crippen LogP) is -0.344. The van der Waals surface area contributed by atoms with Gasteiger partial charge in [0.15, 0.2) is 0 Å². The Morgan fingerprint density at radius 1 is 0.800 bits per heavy atom. The van der Waals surface area contributed by atoms with Gasteiger partial charge in [-0.1, -0.05) is 0 Å². The van der Waals surface area contributed by atoms with Gasteiger partial charge in [0.2, 0.25) is 5.91 Å². The van der Waals surface area contributed by atoms with E-state index in [9.17, 15) is 19.2 Å². The first-order valence-electron chi connectivity index (χ1n) is 6.45. The third kappa shape index (κ3) is 21.3. The van der Waals surface area contributed by atoms with Crippen LogP contribution in [0.4, 0.5) is 0 Å². The summed E-state index contributed by atoms with van der Waals surface area (Å²) in [5, 5.41) is 28.5. The van der Waals surface area contributed by atoms with Crippen molar-refractivity contribution in [2.45, 2.75) is 0 Å². The molecule has 0 rings (SSSR count). The SMILES string of the molecule is CNC(=O)CN(CCN(CC(=O)O)CC(=O)O)CC(=O)O.[Cl][Ru]([Cl])[Cl]. The number of carboxylic acid groups (broad SMARTS) is 3. The molecule has 0 unspecified atom stereocenters. The van der Waals surface area contributed by atoms with Gasteiger partial charge in [-0.2, -0.15) is 0 Å². The van der Waals surface area contributed by atoms with Crippen LogP contribution in [0, 0.1) is 0 Å². The van der Waals surface area contributed by atoms with Gasteiger partial charge < -0.3 is 20.6 Å². The summed E-state index contributed by atoms with van der Waals surface area (Å²) < 4.78 is 0. The van der Waals surface area contributed by atoms with E-state index in [1.165, 1.54) is 11.9 Å². The van der Waals surface area contributed by atoms with Gasteiger partial charge in [0.05, 0.1) is 26.2 Å². The second-order valence-electron chi connectivity index (χ2n) is 4.43. The monoisotopic (exact) mass is 512 g/mol. The standard InChI is InChI=1S/C11H19N3O7.3ClH.Ru/c1-12-8(15)4-13(5-9(16)17)2-3-14(6-10(18)19)7-11(20)21;;;;/h2-7H2,1H3,(H,12,15)(H,16,17)(H,18,19)(H,20,21);3*1H;/q;;;;+3/p-3. The third-order valence-corrected chi connectivity index (χ3v) is 2.46. The van der Waals surface area contributed by atoms with Gasteiger partial charge in [-0.05, 0) is 0 Å². The maximum atomic E-state index is 11.3. The van der Waals surface area contributed by atoms with Crippen molar-refractivity contribution in [2.75, 3.05) is 46.3 Å². The molecule has 10 nitrogen and oxygen atoms in total. The molecule has 0 aromatic carbocycles. The molecular formula is C11H19Cl3N3O7Ru. The summed E-state index contributed by atoms with van der Waals surface area (Å²) in [4.78, 5) is 45.7. The van der Waals surface area contributed by atoms with E-state index in [0.29, 0.717) is 0 Å². The number of hydrogen-bond acceptors (Lipinski definition) is 6. The van der Waals surface area contributed by atoms with Crippen LogP contribution >= 0.6 is 29.1 Å². The second-order valence-corrected chi connectivity index (χ2v) is 12.3. The van der Waals surface area contributed by atoms with E-state index < -0.39 is 50.5 Å². The molecule has 0 aliphatic rings. The summed E-state index contributed by atoms with van der Waals surface area (Å²) in [6.07, 6.45) is 0. The number of carboxylic acids is 3. The number of rotatable bonds is 11. The Bertz CT molecular complexity index is 438. The molecule has 0 atom stereocenters. The van der Waals surface area contributed by atoms with Gasteiger partial charge in [-0.15, -0.1) is 0 Å². The molecule has 25 heavy (non-hydrogen) atoms. The average molecular weight is 513 g/mol. The topological polar surface area (TPSA) is 147 Å². The fourth-order valence-corrected chi connectivity index (χ4v) is 1.57. The number of amides is 1. The van der Waals surface area contributed by atoms with Crippen LogP contribution in [0.3, 0.4) is 0 Å². The van der Waals surface area contributed by atoms with Crippen molar-refractivity contribution in [2.24, 2.45) is 0 Å². The summed E-state index contributed by atoms with van der Waals surface area (Å²) in [5.41, 5.74) is 0. The van der Waals surface area contributed by atoms with E-state index >= 15 is 0 Å².